The van der Waals surface area contributed by atoms with Crippen molar-refractivity contribution < 1.29 is 19.1 Å². The molecule has 0 spiro atoms. The summed E-state index contributed by atoms with van der Waals surface area (Å²) in [7, 11) is 0. The summed E-state index contributed by atoms with van der Waals surface area (Å²) in [5.74, 6) is -0.214. The third-order valence-electron chi connectivity index (χ3n) is 5.27. The predicted octanol–water partition coefficient (Wildman–Crippen LogP) is 3.71. The topological polar surface area (TPSA) is 79.0 Å². The number of piperidine rings is 1. The molecule has 0 aliphatic carbocycles. The van der Waals surface area contributed by atoms with Crippen LogP contribution < -0.4 is 10.2 Å². The molecule has 2 heterocycles. The minimum atomic E-state index is -0.553. The fourth-order valence-electron chi connectivity index (χ4n) is 3.87. The van der Waals surface area contributed by atoms with Crippen molar-refractivity contribution in [1.82, 2.24) is 4.90 Å². The zero-order chi connectivity index (χ0) is 21.2. The van der Waals surface area contributed by atoms with Gasteiger partial charge in [0.25, 0.3) is 0 Å². The highest BCUT2D eigenvalue weighted by Crippen LogP contribution is 2.28. The van der Waals surface area contributed by atoms with Gasteiger partial charge in [-0.05, 0) is 70.7 Å². The van der Waals surface area contributed by atoms with E-state index in [0.717, 1.165) is 37.1 Å². The maximum atomic E-state index is 12.8. The van der Waals surface area contributed by atoms with E-state index in [2.05, 4.69) is 5.32 Å². The number of nitrogens with one attached hydrogen (secondary N) is 1. The Morgan fingerprint density at radius 2 is 1.93 bits per heavy atom. The van der Waals surface area contributed by atoms with Gasteiger partial charge in [0.05, 0.1) is 5.92 Å². The number of hydrogen-bond acceptors (Lipinski definition) is 4. The molecule has 1 unspecified atom stereocenters. The molecule has 158 valence electrons. The van der Waals surface area contributed by atoms with Crippen LogP contribution in [-0.2, 0) is 14.3 Å². The van der Waals surface area contributed by atoms with Crippen molar-refractivity contribution in [1.29, 1.82) is 0 Å². The van der Waals surface area contributed by atoms with Crippen molar-refractivity contribution in [2.24, 2.45) is 5.92 Å². The molecule has 2 saturated heterocycles. The molecule has 0 bridgehead atoms. The number of anilines is 2. The van der Waals surface area contributed by atoms with Crippen LogP contribution >= 0.6 is 0 Å². The lowest BCUT2D eigenvalue weighted by atomic mass is 9.97. The highest BCUT2D eigenvalue weighted by atomic mass is 16.6. The van der Waals surface area contributed by atoms with Crippen molar-refractivity contribution >= 4 is 29.3 Å². The van der Waals surface area contributed by atoms with Crippen molar-refractivity contribution in [2.45, 2.75) is 59.0 Å². The summed E-state index contributed by atoms with van der Waals surface area (Å²) in [6, 6.07) is 5.62. The second kappa shape index (κ2) is 8.43. The summed E-state index contributed by atoms with van der Waals surface area (Å²) in [6.45, 7) is 9.16. The van der Waals surface area contributed by atoms with E-state index >= 15 is 0 Å². The highest BCUT2D eigenvalue weighted by molar-refractivity contribution is 5.97. The molecular formula is C22H31N3O4. The quantitative estimate of drug-likeness (QED) is 0.837. The minimum absolute atomic E-state index is 0.0948. The van der Waals surface area contributed by atoms with Gasteiger partial charge in [-0.1, -0.05) is 0 Å². The van der Waals surface area contributed by atoms with Gasteiger partial charge in [-0.25, -0.2) is 4.79 Å². The van der Waals surface area contributed by atoms with Gasteiger partial charge in [-0.2, -0.15) is 0 Å². The molecule has 3 rings (SSSR count). The van der Waals surface area contributed by atoms with Crippen LogP contribution in [0.3, 0.4) is 0 Å². The van der Waals surface area contributed by atoms with E-state index in [4.69, 9.17) is 4.74 Å². The number of amides is 3. The predicted molar refractivity (Wildman–Crippen MR) is 112 cm³/mol. The molecule has 2 aliphatic rings. The number of hydrogen-bond donors (Lipinski definition) is 1. The fourth-order valence-corrected chi connectivity index (χ4v) is 3.87. The third kappa shape index (κ3) is 5.28. The summed E-state index contributed by atoms with van der Waals surface area (Å²) in [4.78, 5) is 40.5. The van der Waals surface area contributed by atoms with Gasteiger partial charge in [0.15, 0.2) is 0 Å². The summed E-state index contributed by atoms with van der Waals surface area (Å²) in [6.07, 6.45) is 2.61. The SMILES string of the molecule is Cc1cc(NC(=O)C2CCCN(C(=O)OC(C)(C)C)C2)ccc1N1CCCC1=O. The molecule has 2 aliphatic heterocycles. The summed E-state index contributed by atoms with van der Waals surface area (Å²) < 4.78 is 5.43. The Morgan fingerprint density at radius 3 is 2.55 bits per heavy atom. The zero-order valence-corrected chi connectivity index (χ0v) is 17.8. The van der Waals surface area contributed by atoms with Gasteiger partial charge in [-0.15, -0.1) is 0 Å². The Morgan fingerprint density at radius 1 is 1.17 bits per heavy atom. The van der Waals surface area contributed by atoms with Gasteiger partial charge in [0, 0.05) is 37.4 Å². The van der Waals surface area contributed by atoms with E-state index in [1.807, 2.05) is 45.9 Å². The average Bonchev–Trinajstić information content (AvgIpc) is 3.06. The number of carbonyl (C=O) groups is 3. The first-order valence-corrected chi connectivity index (χ1v) is 10.3. The molecule has 3 amide bonds. The van der Waals surface area contributed by atoms with Crippen LogP contribution in [0.2, 0.25) is 0 Å². The van der Waals surface area contributed by atoms with Crippen LogP contribution in [0.15, 0.2) is 18.2 Å². The number of nitrogens with zero attached hydrogens (tertiary/aromatic N) is 2. The molecule has 0 saturated carbocycles. The summed E-state index contributed by atoms with van der Waals surface area (Å²) >= 11 is 0. The van der Waals surface area contributed by atoms with E-state index < -0.39 is 5.60 Å². The first kappa shape index (κ1) is 21.1. The Labute approximate surface area is 172 Å². The minimum Gasteiger partial charge on any atom is -0.444 e. The average molecular weight is 402 g/mol. The number of likely N-dealkylation sites (tertiary alicyclic amines) is 1. The Kier molecular flexibility index (Phi) is 6.15. The Balaban J connectivity index is 1.61. The second-order valence-electron chi connectivity index (χ2n) is 8.90. The number of carbonyl (C=O) groups excluding carboxylic acids is 3. The standard InChI is InChI=1S/C22H31N3O4/c1-15-13-17(9-10-18(15)25-12-6-8-19(25)26)23-20(27)16-7-5-11-24(14-16)21(28)29-22(2,3)4/h9-10,13,16H,5-8,11-12,14H2,1-4H3,(H,23,27). The van der Waals surface area contributed by atoms with Crippen LogP contribution in [0, 0.1) is 12.8 Å². The van der Waals surface area contributed by atoms with E-state index in [-0.39, 0.29) is 23.8 Å². The highest BCUT2D eigenvalue weighted by Gasteiger charge is 2.31. The van der Waals surface area contributed by atoms with Crippen molar-refractivity contribution in [2.75, 3.05) is 29.9 Å². The lowest BCUT2D eigenvalue weighted by Crippen LogP contribution is -2.45. The van der Waals surface area contributed by atoms with Crippen LogP contribution in [0.5, 0.6) is 0 Å². The van der Waals surface area contributed by atoms with Crippen LogP contribution in [0.1, 0.15) is 52.0 Å². The summed E-state index contributed by atoms with van der Waals surface area (Å²) in [5.41, 5.74) is 2.01. The first-order chi connectivity index (χ1) is 13.6. The van der Waals surface area contributed by atoms with Gasteiger partial charge < -0.3 is 19.9 Å². The van der Waals surface area contributed by atoms with Crippen molar-refractivity contribution in [3.05, 3.63) is 23.8 Å². The molecule has 2 fully saturated rings. The second-order valence-corrected chi connectivity index (χ2v) is 8.90. The lowest BCUT2D eigenvalue weighted by molar-refractivity contribution is -0.121. The largest absolute Gasteiger partial charge is 0.444 e. The van der Waals surface area contributed by atoms with E-state index in [0.29, 0.717) is 25.2 Å². The van der Waals surface area contributed by atoms with Gasteiger partial charge in [-0.3, -0.25) is 9.59 Å². The van der Waals surface area contributed by atoms with Gasteiger partial charge in [0.1, 0.15) is 5.60 Å². The Hall–Kier alpha value is -2.57. The molecular weight excluding hydrogens is 370 g/mol. The Bertz CT molecular complexity index is 800. The fraction of sp³-hybridized carbons (Fsp3) is 0.591. The van der Waals surface area contributed by atoms with Gasteiger partial charge in [0.2, 0.25) is 11.8 Å². The monoisotopic (exact) mass is 401 g/mol. The molecule has 1 atom stereocenters. The lowest BCUT2D eigenvalue weighted by Gasteiger charge is -2.33. The van der Waals surface area contributed by atoms with E-state index in [1.165, 1.54) is 0 Å². The van der Waals surface area contributed by atoms with Crippen molar-refractivity contribution in [3.63, 3.8) is 0 Å². The maximum Gasteiger partial charge on any atom is 0.410 e. The number of rotatable bonds is 3. The van der Waals surface area contributed by atoms with E-state index in [9.17, 15) is 14.4 Å². The molecule has 1 aromatic carbocycles. The van der Waals surface area contributed by atoms with Crippen LogP contribution in [0.25, 0.3) is 0 Å². The van der Waals surface area contributed by atoms with Gasteiger partial charge >= 0.3 is 6.09 Å². The molecule has 1 aromatic rings. The zero-order valence-electron chi connectivity index (χ0n) is 17.8. The van der Waals surface area contributed by atoms with Crippen LogP contribution in [0.4, 0.5) is 16.2 Å². The third-order valence-corrected chi connectivity index (χ3v) is 5.27. The summed E-state index contributed by atoms with van der Waals surface area (Å²) in [5, 5.41) is 2.97. The van der Waals surface area contributed by atoms with Crippen molar-refractivity contribution in [3.8, 4) is 0 Å². The van der Waals surface area contributed by atoms with Crippen LogP contribution in [-0.4, -0.2) is 48.0 Å². The first-order valence-electron chi connectivity index (χ1n) is 10.3. The van der Waals surface area contributed by atoms with E-state index in [1.54, 1.807) is 9.80 Å². The molecule has 7 heteroatoms. The molecule has 0 aromatic heterocycles. The number of aryl methyl sites for hydroxylation is 1. The molecule has 7 nitrogen and oxygen atoms in total. The normalized spacial score (nSPS) is 20.0. The maximum absolute atomic E-state index is 12.8. The number of ether oxygens (including phenoxy) is 1. The smallest absolute Gasteiger partial charge is 0.410 e. The molecule has 29 heavy (non-hydrogen) atoms. The molecule has 1 N–H and O–H groups in total. The number of benzene rings is 1. The molecule has 0 radical (unpaired) electrons.